The van der Waals surface area contributed by atoms with Crippen molar-refractivity contribution in [1.29, 1.82) is 0 Å². The molecule has 1 aliphatic rings. The van der Waals surface area contributed by atoms with Crippen molar-refractivity contribution in [2.24, 2.45) is 5.73 Å². The summed E-state index contributed by atoms with van der Waals surface area (Å²) in [5.41, 5.74) is 9.04. The minimum atomic E-state index is -0.532. The third-order valence-corrected chi connectivity index (χ3v) is 7.52. The van der Waals surface area contributed by atoms with Gasteiger partial charge in [-0.3, -0.25) is 19.3 Å². The Morgan fingerprint density at radius 3 is 2.29 bits per heavy atom. The fraction of sp³-hybridized carbons (Fsp3) is 0.370. The molecule has 1 aromatic carbocycles. The lowest BCUT2D eigenvalue weighted by Crippen LogP contribution is -2.50. The Labute approximate surface area is 210 Å². The zero-order chi connectivity index (χ0) is 25.1. The maximum absolute atomic E-state index is 13.3. The molecular formula is C27H32N4O3S. The Morgan fingerprint density at radius 2 is 1.71 bits per heavy atom. The van der Waals surface area contributed by atoms with Gasteiger partial charge in [0.15, 0.2) is 5.78 Å². The van der Waals surface area contributed by atoms with Crippen LogP contribution < -0.4 is 5.73 Å². The molecule has 0 radical (unpaired) electrons. The molecule has 8 heteroatoms. The Balaban J connectivity index is 1.40. The van der Waals surface area contributed by atoms with Gasteiger partial charge in [-0.15, -0.1) is 11.3 Å². The average molecular weight is 493 g/mol. The van der Waals surface area contributed by atoms with E-state index in [2.05, 4.69) is 18.7 Å². The first-order valence-corrected chi connectivity index (χ1v) is 12.8. The van der Waals surface area contributed by atoms with Crippen molar-refractivity contribution in [2.45, 2.75) is 33.2 Å². The molecule has 35 heavy (non-hydrogen) atoms. The van der Waals surface area contributed by atoms with Crippen LogP contribution in [-0.4, -0.2) is 64.7 Å². The minimum Gasteiger partial charge on any atom is -0.366 e. The maximum atomic E-state index is 13.3. The number of Topliss-reactive ketones (excluding diaryl/α,β-unsaturated/α-hetero) is 1. The monoisotopic (exact) mass is 492 g/mol. The summed E-state index contributed by atoms with van der Waals surface area (Å²) in [5.74, 6) is -0.136. The van der Waals surface area contributed by atoms with Crippen molar-refractivity contribution < 1.29 is 14.4 Å². The van der Waals surface area contributed by atoms with Gasteiger partial charge in [0.25, 0.3) is 11.8 Å². The number of aromatic nitrogens is 1. The van der Waals surface area contributed by atoms with Crippen molar-refractivity contribution in [3.8, 4) is 0 Å². The van der Waals surface area contributed by atoms with Crippen molar-refractivity contribution >= 4 is 28.9 Å². The summed E-state index contributed by atoms with van der Waals surface area (Å²) < 4.78 is 1.88. The second-order valence-corrected chi connectivity index (χ2v) is 10.4. The summed E-state index contributed by atoms with van der Waals surface area (Å²) in [4.78, 5) is 43.1. The Bertz CT molecular complexity index is 1200. The van der Waals surface area contributed by atoms with Gasteiger partial charge in [0.2, 0.25) is 0 Å². The molecule has 0 bridgehead atoms. The molecule has 1 aliphatic heterocycles. The third kappa shape index (κ3) is 5.55. The number of nitrogens with two attached hydrogens (primary N) is 1. The van der Waals surface area contributed by atoms with Gasteiger partial charge in [0.1, 0.15) is 0 Å². The second kappa shape index (κ2) is 10.6. The lowest BCUT2D eigenvalue weighted by atomic mass is 10.0. The van der Waals surface area contributed by atoms with E-state index in [0.717, 1.165) is 4.88 Å². The van der Waals surface area contributed by atoms with Gasteiger partial charge >= 0.3 is 0 Å². The Morgan fingerprint density at radius 1 is 1.03 bits per heavy atom. The van der Waals surface area contributed by atoms with E-state index in [1.807, 2.05) is 58.2 Å². The van der Waals surface area contributed by atoms with Gasteiger partial charge in [0.05, 0.1) is 24.3 Å². The van der Waals surface area contributed by atoms with E-state index in [1.165, 1.54) is 5.56 Å². The molecule has 1 fully saturated rings. The van der Waals surface area contributed by atoms with Gasteiger partial charge in [-0.05, 0) is 48.1 Å². The molecule has 2 aromatic heterocycles. The highest BCUT2D eigenvalue weighted by molar-refractivity contribution is 7.09. The topological polar surface area (TPSA) is 88.6 Å². The van der Waals surface area contributed by atoms with Gasteiger partial charge in [-0.2, -0.15) is 0 Å². The minimum absolute atomic E-state index is 0.0258. The van der Waals surface area contributed by atoms with Crippen LogP contribution in [0.3, 0.4) is 0 Å². The first kappa shape index (κ1) is 24.9. The fourth-order valence-corrected chi connectivity index (χ4v) is 5.17. The van der Waals surface area contributed by atoms with Crippen LogP contribution in [0.15, 0.2) is 47.8 Å². The van der Waals surface area contributed by atoms with Crippen molar-refractivity contribution in [3.05, 3.63) is 80.8 Å². The predicted octanol–water partition coefficient (Wildman–Crippen LogP) is 3.77. The van der Waals surface area contributed by atoms with Crippen molar-refractivity contribution in [2.75, 3.05) is 32.7 Å². The van der Waals surface area contributed by atoms with Crippen LogP contribution >= 0.6 is 11.3 Å². The molecule has 184 valence electrons. The third-order valence-electron chi connectivity index (χ3n) is 6.66. The highest BCUT2D eigenvalue weighted by atomic mass is 32.1. The standard InChI is InChI=1S/C27H32N4O3S/c1-18(2)20-6-8-21(9-7-20)27(34)30-12-10-29(11-13-30)17-25(32)24-15-23(26(28)33)19(3)31(24)16-22-5-4-14-35-22/h4-9,14-15,18H,10-13,16-17H2,1-3H3,(H2,28,33). The number of carbonyl (C=O) groups excluding carboxylic acids is 3. The zero-order valence-electron chi connectivity index (χ0n) is 20.5. The molecule has 3 heterocycles. The summed E-state index contributed by atoms with van der Waals surface area (Å²) in [7, 11) is 0. The molecule has 3 aromatic rings. The van der Waals surface area contributed by atoms with Crippen LogP contribution in [-0.2, 0) is 6.54 Å². The van der Waals surface area contributed by atoms with Crippen molar-refractivity contribution in [3.63, 3.8) is 0 Å². The van der Waals surface area contributed by atoms with E-state index in [1.54, 1.807) is 17.4 Å². The molecule has 0 saturated carbocycles. The molecule has 0 aliphatic carbocycles. The highest BCUT2D eigenvalue weighted by Crippen LogP contribution is 2.21. The lowest BCUT2D eigenvalue weighted by molar-refractivity contribution is 0.0623. The number of benzene rings is 1. The Kier molecular flexibility index (Phi) is 7.52. The molecular weight excluding hydrogens is 460 g/mol. The molecule has 7 nitrogen and oxygen atoms in total. The number of hydrogen-bond acceptors (Lipinski definition) is 5. The molecule has 0 atom stereocenters. The molecule has 1 saturated heterocycles. The normalized spacial score (nSPS) is 14.5. The summed E-state index contributed by atoms with van der Waals surface area (Å²) in [6.45, 7) is 9.22. The first-order valence-electron chi connectivity index (χ1n) is 11.9. The van der Waals surface area contributed by atoms with E-state index < -0.39 is 5.91 Å². The summed E-state index contributed by atoms with van der Waals surface area (Å²) >= 11 is 1.61. The van der Waals surface area contributed by atoms with Crippen LogP contribution in [0.1, 0.15) is 67.1 Å². The van der Waals surface area contributed by atoms with Crippen LogP contribution in [0.4, 0.5) is 0 Å². The van der Waals surface area contributed by atoms with Gasteiger partial charge in [-0.1, -0.05) is 32.0 Å². The summed E-state index contributed by atoms with van der Waals surface area (Å²) in [6.07, 6.45) is 0. The molecule has 2 N–H and O–H groups in total. The van der Waals surface area contributed by atoms with Crippen LogP contribution in [0.5, 0.6) is 0 Å². The molecule has 2 amide bonds. The number of amides is 2. The average Bonchev–Trinajstić information content (AvgIpc) is 3.47. The van der Waals surface area contributed by atoms with E-state index >= 15 is 0 Å². The quantitative estimate of drug-likeness (QED) is 0.485. The van der Waals surface area contributed by atoms with Gasteiger partial charge < -0.3 is 15.2 Å². The number of ketones is 1. The number of piperazine rings is 1. The lowest BCUT2D eigenvalue weighted by Gasteiger charge is -2.34. The first-order chi connectivity index (χ1) is 16.7. The summed E-state index contributed by atoms with van der Waals surface area (Å²) in [5, 5.41) is 1.99. The number of thiophene rings is 1. The summed E-state index contributed by atoms with van der Waals surface area (Å²) in [6, 6.07) is 13.4. The smallest absolute Gasteiger partial charge is 0.253 e. The van der Waals surface area contributed by atoms with Crippen LogP contribution in [0, 0.1) is 6.92 Å². The second-order valence-electron chi connectivity index (χ2n) is 9.33. The maximum Gasteiger partial charge on any atom is 0.253 e. The largest absolute Gasteiger partial charge is 0.366 e. The van der Waals surface area contributed by atoms with Crippen LogP contribution in [0.2, 0.25) is 0 Å². The number of primary amides is 1. The molecule has 4 rings (SSSR count). The van der Waals surface area contributed by atoms with Crippen LogP contribution in [0.25, 0.3) is 0 Å². The zero-order valence-corrected chi connectivity index (χ0v) is 21.3. The highest BCUT2D eigenvalue weighted by Gasteiger charge is 2.26. The molecule has 0 unspecified atom stereocenters. The predicted molar refractivity (Wildman–Crippen MR) is 138 cm³/mol. The fourth-order valence-electron chi connectivity index (χ4n) is 4.47. The number of carbonyl (C=O) groups is 3. The van der Waals surface area contributed by atoms with Crippen molar-refractivity contribution in [1.82, 2.24) is 14.4 Å². The van der Waals surface area contributed by atoms with E-state index in [4.69, 9.17) is 5.73 Å². The molecule has 0 spiro atoms. The van der Waals surface area contributed by atoms with Gasteiger partial charge in [0, 0.05) is 42.3 Å². The number of rotatable bonds is 8. The SMILES string of the molecule is Cc1c(C(N)=O)cc(C(=O)CN2CCN(C(=O)c3ccc(C(C)C)cc3)CC2)n1Cc1cccs1. The Hall–Kier alpha value is -3.23. The van der Waals surface area contributed by atoms with E-state index in [0.29, 0.717) is 61.2 Å². The number of nitrogens with zero attached hydrogens (tertiary/aromatic N) is 3. The number of hydrogen-bond donors (Lipinski definition) is 1. The van der Waals surface area contributed by atoms with E-state index in [9.17, 15) is 14.4 Å². The van der Waals surface area contributed by atoms with Gasteiger partial charge in [-0.25, -0.2) is 0 Å². The van der Waals surface area contributed by atoms with E-state index in [-0.39, 0.29) is 18.2 Å².